The van der Waals surface area contributed by atoms with Gasteiger partial charge in [-0.25, -0.2) is 4.79 Å². The number of carboxylic acid groups (broad SMARTS) is 1. The molecule has 2 N–H and O–H groups in total. The summed E-state index contributed by atoms with van der Waals surface area (Å²) in [7, 11) is 0. The van der Waals surface area contributed by atoms with Gasteiger partial charge in [0.1, 0.15) is 5.58 Å². The minimum absolute atomic E-state index is 0.00169. The molecule has 0 radical (unpaired) electrons. The Balaban J connectivity index is 1.63. The largest absolute Gasteiger partial charge is 0.478 e. The Kier molecular flexibility index (Phi) is 2.71. The van der Waals surface area contributed by atoms with Crippen LogP contribution in [-0.4, -0.2) is 22.3 Å². The number of para-hydroxylation sites is 1. The first-order chi connectivity index (χ1) is 11.6. The van der Waals surface area contributed by atoms with Crippen LogP contribution in [0.25, 0.3) is 11.0 Å². The number of furan rings is 1. The second-order valence-corrected chi connectivity index (χ2v) is 6.80. The van der Waals surface area contributed by atoms with Gasteiger partial charge in [0, 0.05) is 22.8 Å². The molecule has 1 fully saturated rings. The minimum atomic E-state index is -0.924. The van der Waals surface area contributed by atoms with E-state index in [2.05, 4.69) is 0 Å². The number of aromatic carboxylic acids is 1. The van der Waals surface area contributed by atoms with E-state index in [1.165, 1.54) is 5.56 Å². The van der Waals surface area contributed by atoms with Gasteiger partial charge in [-0.05, 0) is 41.7 Å². The third kappa shape index (κ3) is 1.69. The van der Waals surface area contributed by atoms with Gasteiger partial charge in [0.25, 0.3) is 0 Å². The monoisotopic (exact) mass is 320 g/mol. The highest BCUT2D eigenvalue weighted by atomic mass is 16.4. The number of aliphatic hydroxyl groups is 1. The lowest BCUT2D eigenvalue weighted by atomic mass is 9.77. The Morgan fingerprint density at radius 3 is 2.71 bits per heavy atom. The molecular formula is C20H16O4. The van der Waals surface area contributed by atoms with E-state index in [1.54, 1.807) is 18.4 Å². The van der Waals surface area contributed by atoms with Crippen LogP contribution < -0.4 is 0 Å². The number of aliphatic hydroxyl groups excluding tert-OH is 1. The molecule has 1 unspecified atom stereocenters. The van der Waals surface area contributed by atoms with Crippen LogP contribution in [-0.2, 0) is 0 Å². The van der Waals surface area contributed by atoms with E-state index in [-0.39, 0.29) is 17.8 Å². The van der Waals surface area contributed by atoms with Crippen LogP contribution in [0.4, 0.5) is 0 Å². The number of hydrogen-bond acceptors (Lipinski definition) is 3. The van der Waals surface area contributed by atoms with E-state index in [4.69, 9.17) is 4.42 Å². The van der Waals surface area contributed by atoms with E-state index >= 15 is 0 Å². The fourth-order valence-corrected chi connectivity index (χ4v) is 4.70. The van der Waals surface area contributed by atoms with Crippen LogP contribution >= 0.6 is 0 Å². The van der Waals surface area contributed by atoms with Gasteiger partial charge < -0.3 is 14.6 Å². The third-order valence-corrected chi connectivity index (χ3v) is 5.72. The van der Waals surface area contributed by atoms with E-state index in [1.807, 2.05) is 30.3 Å². The van der Waals surface area contributed by atoms with E-state index in [0.29, 0.717) is 5.56 Å². The van der Waals surface area contributed by atoms with Crippen molar-refractivity contribution < 1.29 is 19.4 Å². The maximum Gasteiger partial charge on any atom is 0.335 e. The maximum absolute atomic E-state index is 11.2. The van der Waals surface area contributed by atoms with Gasteiger partial charge in [0.15, 0.2) is 0 Å². The highest BCUT2D eigenvalue weighted by molar-refractivity contribution is 5.88. The lowest BCUT2D eigenvalue weighted by molar-refractivity contribution is 0.0696. The van der Waals surface area contributed by atoms with Gasteiger partial charge in [0.2, 0.25) is 0 Å². The molecule has 1 aromatic heterocycles. The molecule has 4 heteroatoms. The van der Waals surface area contributed by atoms with Crippen LogP contribution in [0.1, 0.15) is 51.2 Å². The molecular weight excluding hydrogens is 304 g/mol. The molecule has 0 saturated heterocycles. The first kappa shape index (κ1) is 13.8. The Bertz CT molecular complexity index is 971. The molecule has 4 nitrogen and oxygen atoms in total. The van der Waals surface area contributed by atoms with Crippen LogP contribution in [0.15, 0.2) is 53.1 Å². The van der Waals surface area contributed by atoms with Crippen LogP contribution in [0.2, 0.25) is 0 Å². The van der Waals surface area contributed by atoms with Crippen LogP contribution in [0, 0.1) is 0 Å². The molecule has 24 heavy (non-hydrogen) atoms. The molecule has 2 aromatic carbocycles. The molecule has 120 valence electrons. The Labute approximate surface area is 138 Å². The van der Waals surface area contributed by atoms with E-state index in [0.717, 1.165) is 28.5 Å². The van der Waals surface area contributed by atoms with Gasteiger partial charge in [-0.1, -0.05) is 24.3 Å². The van der Waals surface area contributed by atoms with Crippen molar-refractivity contribution in [2.45, 2.75) is 30.3 Å². The number of hydrogen-bond donors (Lipinski definition) is 2. The summed E-state index contributed by atoms with van der Waals surface area (Å²) in [6.45, 7) is 0. The summed E-state index contributed by atoms with van der Waals surface area (Å²) in [6, 6.07) is 13.2. The summed E-state index contributed by atoms with van der Waals surface area (Å²) in [5.74, 6) is -0.707. The van der Waals surface area contributed by atoms with Crippen molar-refractivity contribution in [2.75, 3.05) is 0 Å². The van der Waals surface area contributed by atoms with E-state index < -0.39 is 12.1 Å². The molecule has 1 heterocycles. The van der Waals surface area contributed by atoms with Crippen molar-refractivity contribution in [1.29, 1.82) is 0 Å². The molecule has 5 rings (SSSR count). The van der Waals surface area contributed by atoms with Gasteiger partial charge in [0.05, 0.1) is 17.9 Å². The predicted molar refractivity (Wildman–Crippen MR) is 88.5 cm³/mol. The normalized spacial score (nSPS) is 27.5. The molecule has 0 amide bonds. The van der Waals surface area contributed by atoms with Crippen molar-refractivity contribution in [3.8, 4) is 0 Å². The summed E-state index contributed by atoms with van der Waals surface area (Å²) in [4.78, 5) is 11.2. The van der Waals surface area contributed by atoms with Crippen LogP contribution in [0.3, 0.4) is 0 Å². The van der Waals surface area contributed by atoms with Crippen molar-refractivity contribution in [3.05, 3.63) is 71.0 Å². The maximum atomic E-state index is 11.2. The SMILES string of the molecule is O=C(O)c1ccc2c(c1)[C@H]1C[C@@H]2[C@H](c2coc3ccccc23)C1O. The van der Waals surface area contributed by atoms with Gasteiger partial charge >= 0.3 is 5.97 Å². The van der Waals surface area contributed by atoms with E-state index in [9.17, 15) is 15.0 Å². The van der Waals surface area contributed by atoms with Gasteiger partial charge in [-0.2, -0.15) is 0 Å². The smallest absolute Gasteiger partial charge is 0.335 e. The zero-order chi connectivity index (χ0) is 16.4. The minimum Gasteiger partial charge on any atom is -0.478 e. The average Bonchev–Trinajstić information content (AvgIpc) is 3.26. The van der Waals surface area contributed by atoms with Gasteiger partial charge in [-0.15, -0.1) is 0 Å². The highest BCUT2D eigenvalue weighted by Crippen LogP contribution is 2.60. The highest BCUT2D eigenvalue weighted by Gasteiger charge is 2.51. The summed E-state index contributed by atoms with van der Waals surface area (Å²) in [5.41, 5.74) is 4.35. The summed E-state index contributed by atoms with van der Waals surface area (Å²) >= 11 is 0. The quantitative estimate of drug-likeness (QED) is 0.752. The molecule has 2 bridgehead atoms. The number of carboxylic acids is 1. The fraction of sp³-hybridized carbons (Fsp3) is 0.250. The number of rotatable bonds is 2. The molecule has 2 aliphatic carbocycles. The second-order valence-electron chi connectivity index (χ2n) is 6.80. The molecule has 1 saturated carbocycles. The van der Waals surface area contributed by atoms with Crippen LogP contribution in [0.5, 0.6) is 0 Å². The first-order valence-corrected chi connectivity index (χ1v) is 8.16. The summed E-state index contributed by atoms with van der Waals surface area (Å²) in [6.07, 6.45) is 2.13. The Morgan fingerprint density at radius 1 is 1.04 bits per heavy atom. The molecule has 0 spiro atoms. The van der Waals surface area contributed by atoms with Crippen molar-refractivity contribution in [2.24, 2.45) is 0 Å². The van der Waals surface area contributed by atoms with Crippen molar-refractivity contribution in [1.82, 2.24) is 0 Å². The predicted octanol–water partition coefficient (Wildman–Crippen LogP) is 3.86. The Hall–Kier alpha value is -2.59. The lowest BCUT2D eigenvalue weighted by Crippen LogP contribution is -2.25. The first-order valence-electron chi connectivity index (χ1n) is 8.16. The molecule has 2 aliphatic rings. The summed E-state index contributed by atoms with van der Waals surface area (Å²) < 4.78 is 5.67. The number of benzene rings is 2. The number of carbonyl (C=O) groups is 1. The Morgan fingerprint density at radius 2 is 1.88 bits per heavy atom. The van der Waals surface area contributed by atoms with Crippen molar-refractivity contribution in [3.63, 3.8) is 0 Å². The van der Waals surface area contributed by atoms with Gasteiger partial charge in [-0.3, -0.25) is 0 Å². The van der Waals surface area contributed by atoms with Crippen molar-refractivity contribution >= 4 is 16.9 Å². The standard InChI is InChI=1S/C20H16O4/c21-19-15-8-14(11-6-5-10(20(22)23)7-13(11)15)18(19)16-9-24-17-4-2-1-3-12(16)17/h1-7,9,14-15,18-19,21H,8H2,(H,22,23)/t14-,15+,18+,19?/m0/s1. The number of fused-ring (bicyclic) bond motifs is 6. The zero-order valence-electron chi connectivity index (χ0n) is 12.8. The fourth-order valence-electron chi connectivity index (χ4n) is 4.70. The average molecular weight is 320 g/mol. The lowest BCUT2D eigenvalue weighted by Gasteiger charge is -2.29. The molecule has 4 atom stereocenters. The second kappa shape index (κ2) is 4.71. The summed E-state index contributed by atoms with van der Waals surface area (Å²) in [5, 5.41) is 21.1. The molecule has 3 aromatic rings. The zero-order valence-corrected chi connectivity index (χ0v) is 12.8. The third-order valence-electron chi connectivity index (χ3n) is 5.72. The molecule has 0 aliphatic heterocycles. The topological polar surface area (TPSA) is 70.7 Å².